The summed E-state index contributed by atoms with van der Waals surface area (Å²) in [6, 6.07) is 12.8. The number of hydrogen-bond acceptors (Lipinski definition) is 6. The lowest BCUT2D eigenvalue weighted by Crippen LogP contribution is -2.60. The molecule has 1 aliphatic heterocycles. The monoisotopic (exact) mass is 481 g/mol. The van der Waals surface area contributed by atoms with Crippen LogP contribution in [0.3, 0.4) is 0 Å². The zero-order valence-electron chi connectivity index (χ0n) is 19.8. The number of nitrogens with zero attached hydrogens (tertiary/aromatic N) is 3. The largest absolute Gasteiger partial charge is 0.497 e. The molecular weight excluding hydrogens is 452 g/mol. The number of carbonyl (C=O) groups excluding carboxylic acids is 1. The summed E-state index contributed by atoms with van der Waals surface area (Å²) in [5, 5.41) is 5.34. The molecule has 34 heavy (non-hydrogen) atoms. The number of methoxy groups -OCH3 is 2. The summed E-state index contributed by atoms with van der Waals surface area (Å²) in [6.45, 7) is 3.67. The number of ether oxygens (including phenoxy) is 2. The SMILES string of the molecule is CCCCCSc1n[n+]2c(c(=O)[nH]1)-c1ccccc1N(C(C)=O)C2c1ccc(OC)cc1OC. The molecule has 9 heteroatoms. The van der Waals surface area contributed by atoms with Crippen molar-refractivity contribution in [3.05, 3.63) is 58.4 Å². The normalized spacial score (nSPS) is 14.4. The maximum Gasteiger partial charge on any atom is 0.325 e. The highest BCUT2D eigenvalue weighted by Gasteiger charge is 2.46. The van der Waals surface area contributed by atoms with E-state index in [1.54, 1.807) is 29.9 Å². The summed E-state index contributed by atoms with van der Waals surface area (Å²) in [7, 11) is 3.15. The minimum atomic E-state index is -0.708. The lowest BCUT2D eigenvalue weighted by atomic mass is 10.0. The van der Waals surface area contributed by atoms with Crippen LogP contribution in [0.2, 0.25) is 0 Å². The van der Waals surface area contributed by atoms with Gasteiger partial charge in [-0.25, -0.2) is 4.90 Å². The van der Waals surface area contributed by atoms with Crippen LogP contribution in [0.15, 0.2) is 52.4 Å². The lowest BCUT2D eigenvalue weighted by Gasteiger charge is -2.31. The number of anilines is 1. The van der Waals surface area contributed by atoms with Gasteiger partial charge >= 0.3 is 11.3 Å². The molecule has 2 heterocycles. The van der Waals surface area contributed by atoms with E-state index >= 15 is 0 Å². The summed E-state index contributed by atoms with van der Waals surface area (Å²) in [5.74, 6) is 1.84. The number of nitrogens with one attached hydrogen (secondary N) is 1. The number of aromatic amines is 1. The maximum atomic E-state index is 13.4. The molecule has 1 atom stereocenters. The second kappa shape index (κ2) is 10.3. The van der Waals surface area contributed by atoms with Gasteiger partial charge in [-0.2, -0.15) is 0 Å². The number of benzene rings is 2. The van der Waals surface area contributed by atoms with Gasteiger partial charge in [-0.15, -0.1) is 0 Å². The van der Waals surface area contributed by atoms with Crippen molar-refractivity contribution in [2.75, 3.05) is 24.9 Å². The van der Waals surface area contributed by atoms with E-state index in [0.717, 1.165) is 25.0 Å². The second-order valence-electron chi connectivity index (χ2n) is 8.00. The topological polar surface area (TPSA) is 88.4 Å². The Morgan fingerprint density at radius 1 is 1.18 bits per heavy atom. The molecule has 178 valence electrons. The Hall–Kier alpha value is -3.33. The van der Waals surface area contributed by atoms with Crippen molar-refractivity contribution in [1.29, 1.82) is 0 Å². The molecule has 3 aromatic rings. The van der Waals surface area contributed by atoms with E-state index in [2.05, 4.69) is 11.9 Å². The zero-order chi connectivity index (χ0) is 24.2. The minimum Gasteiger partial charge on any atom is -0.497 e. The third-order valence-corrected chi connectivity index (χ3v) is 6.75. The molecule has 0 fully saturated rings. The van der Waals surface area contributed by atoms with Gasteiger partial charge < -0.3 is 9.47 Å². The van der Waals surface area contributed by atoms with Crippen molar-refractivity contribution < 1.29 is 19.0 Å². The lowest BCUT2D eigenvalue weighted by molar-refractivity contribution is -0.763. The first-order valence-electron chi connectivity index (χ1n) is 11.3. The van der Waals surface area contributed by atoms with Gasteiger partial charge in [0, 0.05) is 23.8 Å². The molecule has 0 saturated carbocycles. The standard InChI is InChI=1S/C25H28N4O4S/c1-5-6-9-14-34-25-26-23(31)22-18-10-7-8-11-20(18)28(16(2)30)24(29(22)27-25)19-13-12-17(32-3)15-21(19)33-4/h7-8,10-13,15,24H,5-6,9,14H2,1-4H3/p+1. The van der Waals surface area contributed by atoms with Crippen molar-refractivity contribution in [3.8, 4) is 22.8 Å². The van der Waals surface area contributed by atoms with Crippen LogP contribution >= 0.6 is 11.8 Å². The first-order chi connectivity index (χ1) is 16.5. The van der Waals surface area contributed by atoms with E-state index < -0.39 is 6.17 Å². The van der Waals surface area contributed by atoms with Crippen LogP contribution in [0.1, 0.15) is 44.8 Å². The fraction of sp³-hybridized carbons (Fsp3) is 0.360. The minimum absolute atomic E-state index is 0.173. The highest BCUT2D eigenvalue weighted by atomic mass is 32.2. The molecule has 1 unspecified atom stereocenters. The van der Waals surface area contributed by atoms with Crippen molar-refractivity contribution in [2.45, 2.75) is 44.4 Å². The summed E-state index contributed by atoms with van der Waals surface area (Å²) >= 11 is 1.51. The van der Waals surface area contributed by atoms with Crippen molar-refractivity contribution in [2.24, 2.45) is 0 Å². The molecule has 0 aliphatic carbocycles. The van der Waals surface area contributed by atoms with Gasteiger partial charge in [0.25, 0.3) is 6.17 Å². The molecule has 4 rings (SSSR count). The molecule has 8 nitrogen and oxygen atoms in total. The Kier molecular flexibility index (Phi) is 7.21. The predicted molar refractivity (Wildman–Crippen MR) is 132 cm³/mol. The third kappa shape index (κ3) is 4.40. The Morgan fingerprint density at radius 3 is 2.68 bits per heavy atom. The first kappa shape index (κ1) is 23.8. The quantitative estimate of drug-likeness (QED) is 0.298. The van der Waals surface area contributed by atoms with Crippen LogP contribution in [0.4, 0.5) is 5.69 Å². The molecule has 0 saturated heterocycles. The van der Waals surface area contributed by atoms with Crippen LogP contribution in [0.25, 0.3) is 11.3 Å². The number of rotatable bonds is 8. The van der Waals surface area contributed by atoms with Crippen molar-refractivity contribution in [3.63, 3.8) is 0 Å². The van der Waals surface area contributed by atoms with Gasteiger partial charge in [0.15, 0.2) is 0 Å². The van der Waals surface area contributed by atoms with E-state index in [0.29, 0.717) is 39.2 Å². The fourth-order valence-corrected chi connectivity index (χ4v) is 5.06. The molecule has 1 N–H and O–H groups in total. The molecule has 0 bridgehead atoms. The Labute approximate surface area is 202 Å². The van der Waals surface area contributed by atoms with Gasteiger partial charge in [0.2, 0.25) is 11.1 Å². The molecular formula is C25H29N4O4S+. The number of carbonyl (C=O) groups is 1. The Morgan fingerprint density at radius 2 is 1.97 bits per heavy atom. The summed E-state index contributed by atoms with van der Waals surface area (Å²) < 4.78 is 12.7. The third-order valence-electron chi connectivity index (χ3n) is 5.80. The van der Waals surface area contributed by atoms with Gasteiger partial charge in [0.05, 0.1) is 31.0 Å². The Balaban J connectivity index is 1.95. The highest BCUT2D eigenvalue weighted by Crippen LogP contribution is 2.40. The van der Waals surface area contributed by atoms with E-state index in [1.165, 1.54) is 18.7 Å². The number of fused-ring (bicyclic) bond motifs is 3. The first-order valence-corrected chi connectivity index (χ1v) is 12.3. The molecule has 0 spiro atoms. The van der Waals surface area contributed by atoms with Gasteiger partial charge in [-0.1, -0.05) is 43.7 Å². The van der Waals surface area contributed by atoms with Gasteiger partial charge in [-0.3, -0.25) is 14.6 Å². The van der Waals surface area contributed by atoms with Crippen molar-refractivity contribution >= 4 is 23.4 Å². The van der Waals surface area contributed by atoms with Crippen LogP contribution < -0.4 is 24.6 Å². The number of unbranched alkanes of at least 4 members (excludes halogenated alkanes) is 2. The van der Waals surface area contributed by atoms with Crippen LogP contribution in [0.5, 0.6) is 11.5 Å². The number of para-hydroxylation sites is 1. The van der Waals surface area contributed by atoms with Crippen molar-refractivity contribution in [1.82, 2.24) is 10.1 Å². The Bertz CT molecular complexity index is 1260. The summed E-state index contributed by atoms with van der Waals surface area (Å²) in [4.78, 5) is 31.0. The summed E-state index contributed by atoms with van der Waals surface area (Å²) in [6.07, 6.45) is 2.56. The van der Waals surface area contributed by atoms with Crippen LogP contribution in [-0.4, -0.2) is 36.0 Å². The highest BCUT2D eigenvalue weighted by molar-refractivity contribution is 7.99. The fourth-order valence-electron chi connectivity index (χ4n) is 4.21. The van der Waals surface area contributed by atoms with E-state index in [9.17, 15) is 9.59 Å². The number of H-pyrrole nitrogens is 1. The average Bonchev–Trinajstić information content (AvgIpc) is 2.85. The maximum absolute atomic E-state index is 13.4. The van der Waals surface area contributed by atoms with Crippen LogP contribution in [0, 0.1) is 0 Å². The van der Waals surface area contributed by atoms with Crippen LogP contribution in [-0.2, 0) is 4.79 Å². The number of hydrogen-bond donors (Lipinski definition) is 1. The van der Waals surface area contributed by atoms with Gasteiger partial charge in [0.1, 0.15) is 11.5 Å². The second-order valence-corrected chi connectivity index (χ2v) is 9.08. The number of thioether (sulfide) groups is 1. The molecule has 2 aromatic carbocycles. The smallest absolute Gasteiger partial charge is 0.325 e. The van der Waals surface area contributed by atoms with E-state index in [-0.39, 0.29) is 11.5 Å². The van der Waals surface area contributed by atoms with Gasteiger partial charge in [-0.05, 0) is 35.4 Å². The number of amides is 1. The van der Waals surface area contributed by atoms with E-state index in [1.807, 2.05) is 36.4 Å². The predicted octanol–water partition coefficient (Wildman–Crippen LogP) is 3.94. The molecule has 1 aliphatic rings. The number of aromatic nitrogens is 3. The molecule has 1 aromatic heterocycles. The molecule has 1 amide bonds. The average molecular weight is 482 g/mol. The zero-order valence-corrected chi connectivity index (χ0v) is 20.6. The summed E-state index contributed by atoms with van der Waals surface area (Å²) in [5.41, 5.74) is 2.14. The molecule has 0 radical (unpaired) electrons. The van der Waals surface area contributed by atoms with E-state index in [4.69, 9.17) is 14.6 Å².